The van der Waals surface area contributed by atoms with E-state index >= 15 is 0 Å². The van der Waals surface area contributed by atoms with E-state index in [4.69, 9.17) is 5.26 Å². The van der Waals surface area contributed by atoms with Gasteiger partial charge in [-0.2, -0.15) is 5.26 Å². The van der Waals surface area contributed by atoms with Crippen molar-refractivity contribution in [2.45, 2.75) is 51.0 Å². The third-order valence-electron chi connectivity index (χ3n) is 4.83. The molecule has 2 N–H and O–H groups in total. The summed E-state index contributed by atoms with van der Waals surface area (Å²) >= 11 is 0. The maximum absolute atomic E-state index is 12.5. The molecule has 3 rings (SSSR count). The molecule has 23 heavy (non-hydrogen) atoms. The van der Waals surface area contributed by atoms with E-state index in [2.05, 4.69) is 10.6 Å². The standard InChI is InChI=1S/C18H21N3O2/c19-12-13-6-8-15(9-7-13)21-17(23)18(10-11-18)16(22)20-14-4-2-1-3-5-14/h6-9,14H,1-5,10-11H2,(H,20,22)(H,21,23). The second kappa shape index (κ2) is 6.41. The molecule has 5 nitrogen and oxygen atoms in total. The minimum Gasteiger partial charge on any atom is -0.352 e. The van der Waals surface area contributed by atoms with Gasteiger partial charge in [0.15, 0.2) is 0 Å². The average molecular weight is 311 g/mol. The highest BCUT2D eigenvalue weighted by molar-refractivity contribution is 6.13. The Morgan fingerprint density at radius 3 is 2.26 bits per heavy atom. The van der Waals surface area contributed by atoms with E-state index in [-0.39, 0.29) is 17.9 Å². The van der Waals surface area contributed by atoms with Crippen molar-refractivity contribution in [1.29, 1.82) is 5.26 Å². The highest BCUT2D eigenvalue weighted by atomic mass is 16.2. The van der Waals surface area contributed by atoms with Gasteiger partial charge in [0, 0.05) is 11.7 Å². The first-order chi connectivity index (χ1) is 11.1. The lowest BCUT2D eigenvalue weighted by Gasteiger charge is -2.25. The van der Waals surface area contributed by atoms with Crippen LogP contribution in [0.1, 0.15) is 50.5 Å². The van der Waals surface area contributed by atoms with Crippen molar-refractivity contribution < 1.29 is 9.59 Å². The number of nitriles is 1. The van der Waals surface area contributed by atoms with Gasteiger partial charge in [0.2, 0.25) is 11.8 Å². The minimum absolute atomic E-state index is 0.129. The first kappa shape index (κ1) is 15.5. The maximum atomic E-state index is 12.5. The van der Waals surface area contributed by atoms with Gasteiger partial charge in [-0.15, -0.1) is 0 Å². The van der Waals surface area contributed by atoms with Crippen LogP contribution in [0.15, 0.2) is 24.3 Å². The smallest absolute Gasteiger partial charge is 0.240 e. The molecule has 2 aliphatic rings. The molecular formula is C18H21N3O2. The molecule has 0 atom stereocenters. The Morgan fingerprint density at radius 1 is 1.04 bits per heavy atom. The van der Waals surface area contributed by atoms with Crippen molar-refractivity contribution in [3.05, 3.63) is 29.8 Å². The largest absolute Gasteiger partial charge is 0.352 e. The Bertz CT molecular complexity index is 635. The van der Waals surface area contributed by atoms with Gasteiger partial charge in [0.05, 0.1) is 11.6 Å². The minimum atomic E-state index is -0.897. The number of nitrogens with one attached hydrogen (secondary N) is 2. The van der Waals surface area contributed by atoms with Gasteiger partial charge in [-0.3, -0.25) is 9.59 Å². The van der Waals surface area contributed by atoms with Crippen LogP contribution in [0, 0.1) is 16.7 Å². The number of carbonyl (C=O) groups excluding carboxylic acids is 2. The van der Waals surface area contributed by atoms with Gasteiger partial charge >= 0.3 is 0 Å². The predicted molar refractivity (Wildman–Crippen MR) is 86.5 cm³/mol. The zero-order valence-corrected chi connectivity index (χ0v) is 13.1. The number of hydrogen-bond acceptors (Lipinski definition) is 3. The Morgan fingerprint density at radius 2 is 1.70 bits per heavy atom. The Labute approximate surface area is 136 Å². The molecule has 2 saturated carbocycles. The number of amides is 2. The number of anilines is 1. The van der Waals surface area contributed by atoms with Crippen LogP contribution in [0.2, 0.25) is 0 Å². The van der Waals surface area contributed by atoms with Crippen LogP contribution in [-0.4, -0.2) is 17.9 Å². The summed E-state index contributed by atoms with van der Waals surface area (Å²) in [6, 6.07) is 8.93. The molecule has 0 radical (unpaired) electrons. The molecule has 0 unspecified atom stereocenters. The first-order valence-electron chi connectivity index (χ1n) is 8.27. The molecule has 0 saturated heterocycles. The number of nitrogens with zero attached hydrogens (tertiary/aromatic N) is 1. The lowest BCUT2D eigenvalue weighted by molar-refractivity contribution is -0.135. The molecule has 0 aliphatic heterocycles. The molecule has 0 bridgehead atoms. The molecule has 120 valence electrons. The fourth-order valence-corrected chi connectivity index (χ4v) is 3.13. The lowest BCUT2D eigenvalue weighted by Crippen LogP contribution is -2.45. The summed E-state index contributed by atoms with van der Waals surface area (Å²) in [6.07, 6.45) is 6.76. The summed E-state index contributed by atoms with van der Waals surface area (Å²) in [6.45, 7) is 0. The van der Waals surface area contributed by atoms with E-state index in [1.54, 1.807) is 24.3 Å². The Kier molecular flexibility index (Phi) is 4.33. The molecule has 2 amide bonds. The first-order valence-corrected chi connectivity index (χ1v) is 8.27. The van der Waals surface area contributed by atoms with E-state index in [1.807, 2.05) is 6.07 Å². The summed E-state index contributed by atoms with van der Waals surface area (Å²) in [7, 11) is 0. The van der Waals surface area contributed by atoms with E-state index < -0.39 is 5.41 Å². The fourth-order valence-electron chi connectivity index (χ4n) is 3.13. The third-order valence-corrected chi connectivity index (χ3v) is 4.83. The normalized spacial score (nSPS) is 19.4. The Hall–Kier alpha value is -2.35. The van der Waals surface area contributed by atoms with Gasteiger partial charge in [-0.1, -0.05) is 19.3 Å². The van der Waals surface area contributed by atoms with Crippen LogP contribution in [-0.2, 0) is 9.59 Å². The number of rotatable bonds is 4. The van der Waals surface area contributed by atoms with Crippen LogP contribution in [0.3, 0.4) is 0 Å². The number of benzene rings is 1. The zero-order chi connectivity index (χ0) is 16.3. The van der Waals surface area contributed by atoms with Gasteiger partial charge in [-0.25, -0.2) is 0 Å². The van der Waals surface area contributed by atoms with Crippen LogP contribution in [0.25, 0.3) is 0 Å². The van der Waals surface area contributed by atoms with Gasteiger partial charge in [-0.05, 0) is 49.9 Å². The molecule has 0 spiro atoms. The molecule has 0 heterocycles. The van der Waals surface area contributed by atoms with Crippen LogP contribution >= 0.6 is 0 Å². The van der Waals surface area contributed by atoms with Gasteiger partial charge < -0.3 is 10.6 Å². The molecular weight excluding hydrogens is 290 g/mol. The molecule has 0 aromatic heterocycles. The molecule has 1 aromatic rings. The lowest BCUT2D eigenvalue weighted by atomic mass is 9.94. The topological polar surface area (TPSA) is 82.0 Å². The third kappa shape index (κ3) is 3.37. The van der Waals surface area contributed by atoms with Crippen LogP contribution in [0.5, 0.6) is 0 Å². The zero-order valence-electron chi connectivity index (χ0n) is 13.1. The van der Waals surface area contributed by atoms with Crippen molar-refractivity contribution in [2.24, 2.45) is 5.41 Å². The monoisotopic (exact) mass is 311 g/mol. The number of hydrogen-bond donors (Lipinski definition) is 2. The second-order valence-corrected chi connectivity index (χ2v) is 6.53. The summed E-state index contributed by atoms with van der Waals surface area (Å²) in [5, 5.41) is 14.7. The molecule has 2 fully saturated rings. The molecule has 1 aromatic carbocycles. The highest BCUT2D eigenvalue weighted by Crippen LogP contribution is 2.47. The summed E-state index contributed by atoms with van der Waals surface area (Å²) < 4.78 is 0. The average Bonchev–Trinajstić information content (AvgIpc) is 3.38. The van der Waals surface area contributed by atoms with Crippen molar-refractivity contribution in [1.82, 2.24) is 5.32 Å². The Balaban J connectivity index is 1.61. The van der Waals surface area contributed by atoms with Crippen molar-refractivity contribution in [2.75, 3.05) is 5.32 Å². The summed E-state index contributed by atoms with van der Waals surface area (Å²) in [4.78, 5) is 25.0. The van der Waals surface area contributed by atoms with E-state index in [0.717, 1.165) is 25.7 Å². The van der Waals surface area contributed by atoms with Crippen molar-refractivity contribution in [3.63, 3.8) is 0 Å². The van der Waals surface area contributed by atoms with Crippen LogP contribution in [0.4, 0.5) is 5.69 Å². The van der Waals surface area contributed by atoms with Crippen LogP contribution < -0.4 is 10.6 Å². The van der Waals surface area contributed by atoms with Gasteiger partial charge in [0.25, 0.3) is 0 Å². The van der Waals surface area contributed by atoms with E-state index in [1.165, 1.54) is 6.42 Å². The summed E-state index contributed by atoms with van der Waals surface area (Å²) in [5.74, 6) is -0.369. The number of carbonyl (C=O) groups is 2. The summed E-state index contributed by atoms with van der Waals surface area (Å²) in [5.41, 5.74) is 0.260. The highest BCUT2D eigenvalue weighted by Gasteiger charge is 2.56. The molecule has 2 aliphatic carbocycles. The van der Waals surface area contributed by atoms with Gasteiger partial charge in [0.1, 0.15) is 5.41 Å². The molecule has 5 heteroatoms. The SMILES string of the molecule is N#Cc1ccc(NC(=O)C2(C(=O)NC3CCCCC3)CC2)cc1. The maximum Gasteiger partial charge on any atom is 0.240 e. The van der Waals surface area contributed by atoms with E-state index in [9.17, 15) is 9.59 Å². The van der Waals surface area contributed by atoms with Crippen molar-refractivity contribution >= 4 is 17.5 Å². The second-order valence-electron chi connectivity index (χ2n) is 6.53. The quantitative estimate of drug-likeness (QED) is 0.839. The fraction of sp³-hybridized carbons (Fsp3) is 0.500. The van der Waals surface area contributed by atoms with E-state index in [0.29, 0.717) is 24.1 Å². The van der Waals surface area contributed by atoms with Crippen molar-refractivity contribution in [3.8, 4) is 6.07 Å². The predicted octanol–water partition coefficient (Wildman–Crippen LogP) is 2.73.